The second kappa shape index (κ2) is 4.40. The minimum atomic E-state index is -4.32. The molecule has 0 fully saturated rings. The Labute approximate surface area is 99.9 Å². The lowest BCUT2D eigenvalue weighted by Gasteiger charge is -2.16. The first-order chi connectivity index (χ1) is 6.73. The minimum absolute atomic E-state index is 0.00176. The van der Waals surface area contributed by atoms with Crippen LogP contribution in [-0.4, -0.2) is 6.18 Å². The van der Waals surface area contributed by atoms with Crippen LogP contribution in [0.1, 0.15) is 18.4 Å². The van der Waals surface area contributed by atoms with Crippen molar-refractivity contribution in [3.05, 3.63) is 32.8 Å². The van der Waals surface area contributed by atoms with E-state index in [9.17, 15) is 13.2 Å². The van der Waals surface area contributed by atoms with E-state index < -0.39 is 12.1 Å². The van der Waals surface area contributed by atoms with E-state index in [1.54, 1.807) is 0 Å². The summed E-state index contributed by atoms with van der Waals surface area (Å²) in [5, 5.41) is 0.113. The number of rotatable bonds is 1. The molecule has 0 radical (unpaired) electrons. The summed E-state index contributed by atoms with van der Waals surface area (Å²) in [5.74, 6) is -1.62. The number of hydrogen-bond donors (Lipinski definition) is 0. The lowest BCUT2D eigenvalue weighted by Crippen LogP contribution is -2.17. The Morgan fingerprint density at radius 2 is 1.47 bits per heavy atom. The summed E-state index contributed by atoms with van der Waals surface area (Å²) in [6.07, 6.45) is -4.32. The van der Waals surface area contributed by atoms with E-state index in [2.05, 4.69) is 0 Å². The Balaban J connectivity index is 3.17. The molecular weight excluding hydrogens is 271 g/mol. The number of hydrogen-bond acceptors (Lipinski definition) is 0. The van der Waals surface area contributed by atoms with Gasteiger partial charge in [-0.05, 0) is 24.6 Å². The zero-order chi connectivity index (χ0) is 11.8. The SMILES string of the molecule is CC(c1cc(Cl)c(Cl)c(Cl)c1)C(F)(F)F. The van der Waals surface area contributed by atoms with Crippen LogP contribution in [0.15, 0.2) is 12.1 Å². The zero-order valence-electron chi connectivity index (χ0n) is 7.50. The van der Waals surface area contributed by atoms with Gasteiger partial charge in [0.2, 0.25) is 0 Å². The predicted octanol–water partition coefficient (Wildman–Crippen LogP) is 5.31. The van der Waals surface area contributed by atoms with Crippen LogP contribution in [0.25, 0.3) is 0 Å². The molecule has 6 heteroatoms. The number of benzene rings is 1. The van der Waals surface area contributed by atoms with Crippen molar-refractivity contribution < 1.29 is 13.2 Å². The Morgan fingerprint density at radius 1 is 1.07 bits per heavy atom. The van der Waals surface area contributed by atoms with E-state index in [1.165, 1.54) is 12.1 Å². The van der Waals surface area contributed by atoms with Gasteiger partial charge in [-0.25, -0.2) is 0 Å². The smallest absolute Gasteiger partial charge is 0.170 e. The van der Waals surface area contributed by atoms with Gasteiger partial charge in [-0.2, -0.15) is 13.2 Å². The van der Waals surface area contributed by atoms with Crippen molar-refractivity contribution in [2.24, 2.45) is 0 Å². The van der Waals surface area contributed by atoms with Crippen LogP contribution in [0.2, 0.25) is 15.1 Å². The molecule has 0 nitrogen and oxygen atoms in total. The first-order valence-corrected chi connectivity index (χ1v) is 5.08. The minimum Gasteiger partial charge on any atom is -0.170 e. The van der Waals surface area contributed by atoms with Gasteiger partial charge in [0.25, 0.3) is 0 Å². The standard InChI is InChI=1S/C9H6Cl3F3/c1-4(9(13,14)15)5-2-6(10)8(12)7(11)3-5/h2-4H,1H3. The normalized spacial score (nSPS) is 14.1. The first kappa shape index (κ1) is 12.9. The molecule has 84 valence electrons. The molecule has 1 aromatic carbocycles. The zero-order valence-corrected chi connectivity index (χ0v) is 9.77. The van der Waals surface area contributed by atoms with Gasteiger partial charge in [-0.15, -0.1) is 0 Å². The summed E-state index contributed by atoms with van der Waals surface area (Å²) >= 11 is 16.9. The average Bonchev–Trinajstić information content (AvgIpc) is 2.10. The molecule has 1 aromatic rings. The third-order valence-electron chi connectivity index (χ3n) is 2.00. The maximum Gasteiger partial charge on any atom is 0.395 e. The predicted molar refractivity (Wildman–Crippen MR) is 55.9 cm³/mol. The molecule has 0 bridgehead atoms. The Bertz CT molecular complexity index is 350. The van der Waals surface area contributed by atoms with Gasteiger partial charge in [-0.1, -0.05) is 34.8 Å². The van der Waals surface area contributed by atoms with Crippen molar-refractivity contribution in [1.29, 1.82) is 0 Å². The quantitative estimate of drug-likeness (QED) is 0.610. The second-order valence-corrected chi connectivity index (χ2v) is 4.25. The molecule has 0 aliphatic heterocycles. The first-order valence-electron chi connectivity index (χ1n) is 3.94. The summed E-state index contributed by atoms with van der Waals surface area (Å²) in [5.41, 5.74) is 0.00176. The molecule has 15 heavy (non-hydrogen) atoms. The topological polar surface area (TPSA) is 0 Å². The van der Waals surface area contributed by atoms with Crippen LogP contribution in [0, 0.1) is 0 Å². The average molecular weight is 278 g/mol. The van der Waals surface area contributed by atoms with Crippen molar-refractivity contribution in [2.45, 2.75) is 19.0 Å². The molecule has 0 saturated carbocycles. The third kappa shape index (κ3) is 2.92. The fraction of sp³-hybridized carbons (Fsp3) is 0.333. The van der Waals surface area contributed by atoms with Gasteiger partial charge in [0, 0.05) is 0 Å². The van der Waals surface area contributed by atoms with E-state index in [-0.39, 0.29) is 20.6 Å². The van der Waals surface area contributed by atoms with E-state index in [0.29, 0.717) is 0 Å². The highest BCUT2D eigenvalue weighted by molar-refractivity contribution is 6.48. The van der Waals surface area contributed by atoms with Gasteiger partial charge in [0.05, 0.1) is 21.0 Å². The summed E-state index contributed by atoms with van der Waals surface area (Å²) in [6, 6.07) is 2.35. The summed E-state index contributed by atoms with van der Waals surface area (Å²) in [6.45, 7) is 1.04. The van der Waals surface area contributed by atoms with Crippen molar-refractivity contribution in [1.82, 2.24) is 0 Å². The molecule has 0 aliphatic carbocycles. The monoisotopic (exact) mass is 276 g/mol. The highest BCUT2D eigenvalue weighted by Crippen LogP contribution is 2.39. The molecule has 1 rings (SSSR count). The van der Waals surface area contributed by atoms with Crippen molar-refractivity contribution in [2.75, 3.05) is 0 Å². The molecule has 0 aliphatic rings. The molecular formula is C9H6Cl3F3. The van der Waals surface area contributed by atoms with E-state index in [0.717, 1.165) is 6.92 Å². The van der Waals surface area contributed by atoms with Crippen molar-refractivity contribution in [3.63, 3.8) is 0 Å². The lowest BCUT2D eigenvalue weighted by atomic mass is 10.0. The number of halogens is 6. The third-order valence-corrected chi connectivity index (χ3v) is 3.19. The van der Waals surface area contributed by atoms with Gasteiger partial charge in [-0.3, -0.25) is 0 Å². The Kier molecular flexibility index (Phi) is 3.80. The molecule has 0 amide bonds. The lowest BCUT2D eigenvalue weighted by molar-refractivity contribution is -0.146. The summed E-state index contributed by atoms with van der Waals surface area (Å²) < 4.78 is 37.1. The van der Waals surface area contributed by atoms with Crippen LogP contribution in [0.4, 0.5) is 13.2 Å². The molecule has 1 atom stereocenters. The van der Waals surface area contributed by atoms with Gasteiger partial charge in [0.15, 0.2) is 0 Å². The summed E-state index contributed by atoms with van der Waals surface area (Å²) in [7, 11) is 0. The number of alkyl halides is 3. The van der Waals surface area contributed by atoms with Gasteiger partial charge >= 0.3 is 6.18 Å². The van der Waals surface area contributed by atoms with Crippen LogP contribution in [-0.2, 0) is 0 Å². The van der Waals surface area contributed by atoms with Crippen LogP contribution in [0.5, 0.6) is 0 Å². The van der Waals surface area contributed by atoms with Gasteiger partial charge in [0.1, 0.15) is 0 Å². The van der Waals surface area contributed by atoms with E-state index >= 15 is 0 Å². The fourth-order valence-electron chi connectivity index (χ4n) is 1.01. The largest absolute Gasteiger partial charge is 0.395 e. The van der Waals surface area contributed by atoms with Crippen LogP contribution in [0.3, 0.4) is 0 Å². The van der Waals surface area contributed by atoms with Crippen molar-refractivity contribution >= 4 is 34.8 Å². The highest BCUT2D eigenvalue weighted by Gasteiger charge is 2.37. The van der Waals surface area contributed by atoms with Crippen LogP contribution >= 0.6 is 34.8 Å². The maximum absolute atomic E-state index is 12.4. The Morgan fingerprint density at radius 3 is 1.80 bits per heavy atom. The van der Waals surface area contributed by atoms with Crippen LogP contribution < -0.4 is 0 Å². The molecule has 1 unspecified atom stereocenters. The highest BCUT2D eigenvalue weighted by atomic mass is 35.5. The molecule has 0 spiro atoms. The fourth-order valence-corrected chi connectivity index (χ4v) is 1.63. The second-order valence-electron chi connectivity index (χ2n) is 3.06. The maximum atomic E-state index is 12.4. The molecule has 0 saturated heterocycles. The molecule has 0 N–H and O–H groups in total. The van der Waals surface area contributed by atoms with Gasteiger partial charge < -0.3 is 0 Å². The molecule has 0 heterocycles. The van der Waals surface area contributed by atoms with E-state index in [4.69, 9.17) is 34.8 Å². The summed E-state index contributed by atoms with van der Waals surface area (Å²) in [4.78, 5) is 0. The van der Waals surface area contributed by atoms with E-state index in [1.807, 2.05) is 0 Å². The van der Waals surface area contributed by atoms with Crippen molar-refractivity contribution in [3.8, 4) is 0 Å². The molecule has 0 aromatic heterocycles. The Hall–Kier alpha value is -0.120.